The highest BCUT2D eigenvalue weighted by Crippen LogP contribution is 2.48. The lowest BCUT2D eigenvalue weighted by molar-refractivity contribution is -0.197. The van der Waals surface area contributed by atoms with Gasteiger partial charge in [-0.25, -0.2) is 4.79 Å². The third-order valence-corrected chi connectivity index (χ3v) is 11.1. The maximum absolute atomic E-state index is 14.1. The minimum Gasteiger partial charge on any atom is -0.372 e. The summed E-state index contributed by atoms with van der Waals surface area (Å²) in [4.78, 5) is 74.8. The summed E-state index contributed by atoms with van der Waals surface area (Å²) in [5.41, 5.74) is 4.82. The van der Waals surface area contributed by atoms with E-state index in [4.69, 9.17) is 9.83 Å². The number of hydrogen-bond donors (Lipinski definition) is 3. The lowest BCUT2D eigenvalue weighted by atomic mass is 9.77. The molecule has 3 amide bonds. The van der Waals surface area contributed by atoms with E-state index in [0.29, 0.717) is 10.8 Å². The number of hydroxylamine groups is 2. The Kier molecular flexibility index (Phi) is 10.2. The van der Waals surface area contributed by atoms with E-state index in [9.17, 15) is 36.9 Å². The number of likely N-dealkylation sites (N-methyl/N-ethyl adjacent to an activating group) is 1. The summed E-state index contributed by atoms with van der Waals surface area (Å²) < 4.78 is 34.3. The van der Waals surface area contributed by atoms with Crippen LogP contribution in [-0.2, 0) is 49.8 Å². The van der Waals surface area contributed by atoms with E-state index in [-0.39, 0.29) is 61.3 Å². The van der Waals surface area contributed by atoms with Gasteiger partial charge in [-0.05, 0) is 48.3 Å². The third-order valence-electron chi connectivity index (χ3n) is 10.3. The molecule has 6 rings (SSSR count). The second kappa shape index (κ2) is 14.4. The summed E-state index contributed by atoms with van der Waals surface area (Å²) in [6, 6.07) is 14.0. The SMILES string of the molecule is CN1/C(=C/C2=C(NC(CS(=O)(=O)O)C(=O)NCCCCC(=O)ON3C(=O)CCC3=O)C(=C/C3=Nc4ccccc4C3(C)C)/C2=O)C(C)(C)c2ccccc21. The molecular formula is C39H43N5O9S. The van der Waals surface area contributed by atoms with Crippen LogP contribution in [0.2, 0.25) is 0 Å². The molecule has 3 aliphatic heterocycles. The van der Waals surface area contributed by atoms with Crippen molar-refractivity contribution >= 4 is 56.7 Å². The van der Waals surface area contributed by atoms with Gasteiger partial charge in [0.05, 0.1) is 17.1 Å². The number of fused-ring (bicyclic) bond motifs is 2. The van der Waals surface area contributed by atoms with Gasteiger partial charge in [-0.15, -0.1) is 5.06 Å². The zero-order chi connectivity index (χ0) is 39.2. The molecule has 14 nitrogen and oxygen atoms in total. The van der Waals surface area contributed by atoms with Gasteiger partial charge < -0.3 is 20.4 Å². The molecule has 0 saturated carbocycles. The number of nitrogens with zero attached hydrogens (tertiary/aromatic N) is 3. The van der Waals surface area contributed by atoms with Gasteiger partial charge >= 0.3 is 5.97 Å². The summed E-state index contributed by atoms with van der Waals surface area (Å²) >= 11 is 0. The van der Waals surface area contributed by atoms with Crippen LogP contribution in [0.25, 0.3) is 0 Å². The molecule has 15 heteroatoms. The molecule has 2 aromatic rings. The van der Waals surface area contributed by atoms with Crippen LogP contribution in [0.1, 0.15) is 70.9 Å². The van der Waals surface area contributed by atoms with Crippen molar-refractivity contribution in [3.05, 3.63) is 94.4 Å². The summed E-state index contributed by atoms with van der Waals surface area (Å²) in [6.45, 7) is 8.09. The number of amides is 3. The standard InChI is InChI=1S/C39H43N5O9S/c1-38(2)25-12-6-8-14-27(25)41-30(38)20-23-35(24(36(23)48)21-31-39(3,4)26-13-7-9-15-29(26)43(31)5)42-28(22-54(50,51)52)37(49)40-19-11-10-16-34(47)53-44-32(45)17-18-33(44)46/h6-9,12-15,20-21,28,42H,10-11,16-19,22H2,1-5H3,(H,40,49)(H,50,51,52)/b23-20-,31-21+. The Balaban J connectivity index is 1.26. The number of rotatable bonds is 13. The van der Waals surface area contributed by atoms with Gasteiger partial charge in [-0.1, -0.05) is 64.1 Å². The molecule has 284 valence electrons. The summed E-state index contributed by atoms with van der Waals surface area (Å²) in [5.74, 6) is -4.04. The largest absolute Gasteiger partial charge is 0.372 e. The zero-order valence-electron chi connectivity index (χ0n) is 30.8. The van der Waals surface area contributed by atoms with Crippen LogP contribution < -0.4 is 15.5 Å². The molecule has 0 aromatic heterocycles. The summed E-state index contributed by atoms with van der Waals surface area (Å²) in [5, 5.41) is 6.09. The fraction of sp³-hybridized carbons (Fsp3) is 0.385. The molecule has 0 bridgehead atoms. The molecule has 4 aliphatic rings. The number of nitrogens with one attached hydrogen (secondary N) is 2. The molecule has 3 heterocycles. The summed E-state index contributed by atoms with van der Waals surface area (Å²) in [6.07, 6.45) is 3.72. The summed E-state index contributed by atoms with van der Waals surface area (Å²) in [7, 11) is -2.79. The molecule has 0 spiro atoms. The van der Waals surface area contributed by atoms with Gasteiger partial charge in [0.1, 0.15) is 11.8 Å². The molecule has 1 unspecified atom stereocenters. The van der Waals surface area contributed by atoms with Gasteiger partial charge in [-0.2, -0.15) is 8.42 Å². The van der Waals surface area contributed by atoms with Crippen LogP contribution in [0.15, 0.2) is 88.2 Å². The monoisotopic (exact) mass is 757 g/mol. The van der Waals surface area contributed by atoms with Crippen LogP contribution >= 0.6 is 0 Å². The van der Waals surface area contributed by atoms with E-state index in [1.165, 1.54) is 0 Å². The Bertz CT molecular complexity index is 2180. The topological polar surface area (TPSA) is 192 Å². The fourth-order valence-corrected chi connectivity index (χ4v) is 7.90. The quantitative estimate of drug-likeness (QED) is 0.116. The van der Waals surface area contributed by atoms with Crippen LogP contribution in [0.4, 0.5) is 11.4 Å². The first-order chi connectivity index (χ1) is 25.4. The minimum atomic E-state index is -4.70. The molecule has 3 N–H and O–H groups in total. The highest BCUT2D eigenvalue weighted by molar-refractivity contribution is 7.85. The van der Waals surface area contributed by atoms with Crippen molar-refractivity contribution in [3.63, 3.8) is 0 Å². The first kappa shape index (κ1) is 38.3. The number of unbranched alkanes of at least 4 members (excludes halogenated alkanes) is 1. The van der Waals surface area contributed by atoms with Crippen LogP contribution in [0.5, 0.6) is 0 Å². The smallest absolute Gasteiger partial charge is 0.333 e. The fourth-order valence-electron chi connectivity index (χ4n) is 7.24. The number of allylic oxidation sites excluding steroid dienone is 5. The number of Topliss-reactive ketones (excluding diaryl/α,β-unsaturated/α-hetero) is 1. The second-order valence-electron chi connectivity index (χ2n) is 14.8. The number of carbonyl (C=O) groups excluding carboxylic acids is 5. The van der Waals surface area contributed by atoms with Gasteiger partial charge in [-0.3, -0.25) is 28.7 Å². The van der Waals surface area contributed by atoms with E-state index in [0.717, 1.165) is 28.2 Å². The minimum absolute atomic E-state index is 0.0232. The third kappa shape index (κ3) is 7.37. The molecule has 54 heavy (non-hydrogen) atoms. The van der Waals surface area contributed by atoms with Crippen molar-refractivity contribution in [2.45, 2.75) is 76.7 Å². The highest BCUT2D eigenvalue weighted by atomic mass is 32.2. The van der Waals surface area contributed by atoms with E-state index >= 15 is 0 Å². The lowest BCUT2D eigenvalue weighted by Crippen LogP contribution is -2.50. The first-order valence-corrected chi connectivity index (χ1v) is 19.3. The Morgan fingerprint density at radius 2 is 1.59 bits per heavy atom. The highest BCUT2D eigenvalue weighted by Gasteiger charge is 2.43. The predicted octanol–water partition coefficient (Wildman–Crippen LogP) is 3.86. The number of ketones is 1. The molecule has 2 aromatic carbocycles. The van der Waals surface area contributed by atoms with Crippen LogP contribution in [0.3, 0.4) is 0 Å². The first-order valence-electron chi connectivity index (χ1n) is 17.7. The van der Waals surface area contributed by atoms with E-state index in [1.54, 1.807) is 12.2 Å². The van der Waals surface area contributed by atoms with Crippen LogP contribution in [-0.4, -0.2) is 78.6 Å². The number of benzene rings is 2. The maximum Gasteiger partial charge on any atom is 0.333 e. The molecule has 1 saturated heterocycles. The number of aliphatic imine (C=N–C) groups is 1. The normalized spacial score (nSPS) is 20.6. The van der Waals surface area contributed by atoms with Crippen molar-refractivity contribution < 1.29 is 41.8 Å². The predicted molar refractivity (Wildman–Crippen MR) is 200 cm³/mol. The van der Waals surface area contributed by atoms with Crippen molar-refractivity contribution in [1.82, 2.24) is 15.7 Å². The average Bonchev–Trinajstić information content (AvgIpc) is 3.64. The van der Waals surface area contributed by atoms with Gasteiger partial charge in [0, 0.05) is 66.2 Å². The Hall–Kier alpha value is -5.41. The number of imide groups is 1. The Morgan fingerprint density at radius 1 is 0.944 bits per heavy atom. The van der Waals surface area contributed by atoms with Crippen molar-refractivity contribution in [1.29, 1.82) is 0 Å². The number of anilines is 1. The van der Waals surface area contributed by atoms with Gasteiger partial charge in [0.25, 0.3) is 21.9 Å². The van der Waals surface area contributed by atoms with Crippen molar-refractivity contribution in [2.24, 2.45) is 4.99 Å². The molecule has 0 radical (unpaired) electrons. The number of carbonyl (C=O) groups is 5. The van der Waals surface area contributed by atoms with Gasteiger partial charge in [0.2, 0.25) is 5.91 Å². The van der Waals surface area contributed by atoms with E-state index in [2.05, 4.69) is 10.6 Å². The maximum atomic E-state index is 14.1. The Morgan fingerprint density at radius 3 is 2.24 bits per heavy atom. The van der Waals surface area contributed by atoms with E-state index in [1.807, 2.05) is 88.2 Å². The molecular weight excluding hydrogens is 715 g/mol. The van der Waals surface area contributed by atoms with E-state index < -0.39 is 56.4 Å². The average molecular weight is 758 g/mol. The molecule has 1 fully saturated rings. The lowest BCUT2D eigenvalue weighted by Gasteiger charge is -2.32. The van der Waals surface area contributed by atoms with Crippen LogP contribution in [0, 0.1) is 0 Å². The Labute approximate surface area is 313 Å². The van der Waals surface area contributed by atoms with Crippen molar-refractivity contribution in [2.75, 3.05) is 24.2 Å². The molecule has 1 atom stereocenters. The second-order valence-corrected chi connectivity index (χ2v) is 16.3. The van der Waals surface area contributed by atoms with Gasteiger partial charge in [0.15, 0.2) is 5.78 Å². The number of para-hydroxylation sites is 2. The molecule has 1 aliphatic carbocycles. The number of hydrogen-bond acceptors (Lipinski definition) is 11. The van der Waals surface area contributed by atoms with Crippen molar-refractivity contribution in [3.8, 4) is 0 Å². The zero-order valence-corrected chi connectivity index (χ0v) is 31.6.